The molecule has 1 aromatic heterocycles. The van der Waals surface area contributed by atoms with E-state index < -0.39 is 0 Å². The standard InChI is InChI=1S/C25H33N3O3/c1-20(29)26-17-7-3-4-12-25-27-23-10-5-6-11-24(23)28(25)18-8-9-19-31-22-15-13-21(30-2)14-16-22/h5-6,10-11,13-16H,3-4,7-9,12,17-19H2,1-2H3,(H,26,29). The van der Waals surface area contributed by atoms with Gasteiger partial charge in [-0.2, -0.15) is 0 Å². The van der Waals surface area contributed by atoms with Gasteiger partial charge in [-0.05, 0) is 62.1 Å². The average molecular weight is 424 g/mol. The molecule has 3 rings (SSSR count). The van der Waals surface area contributed by atoms with Gasteiger partial charge in [0.05, 0.1) is 24.8 Å². The summed E-state index contributed by atoms with van der Waals surface area (Å²) in [6, 6.07) is 16.0. The van der Waals surface area contributed by atoms with Gasteiger partial charge in [-0.15, -0.1) is 0 Å². The van der Waals surface area contributed by atoms with E-state index in [1.807, 2.05) is 30.3 Å². The second kappa shape index (κ2) is 12.0. The molecule has 6 nitrogen and oxygen atoms in total. The van der Waals surface area contributed by atoms with Crippen molar-refractivity contribution in [1.29, 1.82) is 0 Å². The topological polar surface area (TPSA) is 65.4 Å². The van der Waals surface area contributed by atoms with Gasteiger partial charge in [0.2, 0.25) is 5.91 Å². The summed E-state index contributed by atoms with van der Waals surface area (Å²) in [5, 5.41) is 2.86. The monoisotopic (exact) mass is 423 g/mol. The first kappa shape index (κ1) is 22.7. The summed E-state index contributed by atoms with van der Waals surface area (Å²) in [6.45, 7) is 3.94. The lowest BCUT2D eigenvalue weighted by Crippen LogP contribution is -2.20. The minimum Gasteiger partial charge on any atom is -0.497 e. The van der Waals surface area contributed by atoms with Crippen molar-refractivity contribution in [3.05, 3.63) is 54.4 Å². The lowest BCUT2D eigenvalue weighted by molar-refractivity contribution is -0.118. The predicted molar refractivity (Wildman–Crippen MR) is 124 cm³/mol. The number of fused-ring (bicyclic) bond motifs is 1. The molecule has 0 radical (unpaired) electrons. The van der Waals surface area contributed by atoms with Gasteiger partial charge in [0.15, 0.2) is 0 Å². The maximum absolute atomic E-state index is 11.0. The summed E-state index contributed by atoms with van der Waals surface area (Å²) in [5.41, 5.74) is 2.26. The number of ether oxygens (including phenoxy) is 2. The number of hydrogen-bond acceptors (Lipinski definition) is 4. The highest BCUT2D eigenvalue weighted by atomic mass is 16.5. The fourth-order valence-electron chi connectivity index (χ4n) is 3.65. The number of benzene rings is 2. The number of carbonyl (C=O) groups is 1. The van der Waals surface area contributed by atoms with E-state index in [0.717, 1.165) is 74.5 Å². The maximum atomic E-state index is 11.0. The average Bonchev–Trinajstić information content (AvgIpc) is 3.13. The quantitative estimate of drug-likeness (QED) is 0.403. The van der Waals surface area contributed by atoms with Crippen LogP contribution in [0.1, 0.15) is 44.9 Å². The Labute approximate surface area is 184 Å². The maximum Gasteiger partial charge on any atom is 0.216 e. The van der Waals surface area contributed by atoms with Gasteiger partial charge < -0.3 is 19.4 Å². The first-order valence-corrected chi connectivity index (χ1v) is 11.1. The normalized spacial score (nSPS) is 10.9. The van der Waals surface area contributed by atoms with Gasteiger partial charge in [-0.3, -0.25) is 4.79 Å². The zero-order valence-corrected chi connectivity index (χ0v) is 18.6. The third-order valence-electron chi connectivity index (χ3n) is 5.29. The number of nitrogens with zero attached hydrogens (tertiary/aromatic N) is 2. The molecule has 0 unspecified atom stereocenters. The minimum absolute atomic E-state index is 0.0396. The van der Waals surface area contributed by atoms with Crippen LogP contribution in [-0.4, -0.2) is 35.7 Å². The van der Waals surface area contributed by atoms with Crippen molar-refractivity contribution in [2.45, 2.75) is 52.0 Å². The van der Waals surface area contributed by atoms with Crippen molar-refractivity contribution in [1.82, 2.24) is 14.9 Å². The van der Waals surface area contributed by atoms with Gasteiger partial charge in [0.25, 0.3) is 0 Å². The highest BCUT2D eigenvalue weighted by Gasteiger charge is 2.10. The lowest BCUT2D eigenvalue weighted by atomic mass is 10.2. The molecule has 0 saturated heterocycles. The highest BCUT2D eigenvalue weighted by Crippen LogP contribution is 2.20. The Bertz CT molecular complexity index is 950. The van der Waals surface area contributed by atoms with Gasteiger partial charge >= 0.3 is 0 Å². The third-order valence-corrected chi connectivity index (χ3v) is 5.29. The third kappa shape index (κ3) is 7.02. The fourth-order valence-corrected chi connectivity index (χ4v) is 3.65. The van der Waals surface area contributed by atoms with Gasteiger partial charge in [-0.25, -0.2) is 4.98 Å². The minimum atomic E-state index is 0.0396. The van der Waals surface area contributed by atoms with Crippen LogP contribution < -0.4 is 14.8 Å². The largest absolute Gasteiger partial charge is 0.497 e. The number of amides is 1. The van der Waals surface area contributed by atoms with Crippen LogP contribution in [0, 0.1) is 0 Å². The number of carbonyl (C=O) groups excluding carboxylic acids is 1. The van der Waals surface area contributed by atoms with Gasteiger partial charge in [0.1, 0.15) is 17.3 Å². The Morgan fingerprint density at radius 2 is 1.74 bits per heavy atom. The molecule has 6 heteroatoms. The molecule has 0 saturated carbocycles. The number of methoxy groups -OCH3 is 1. The second-order valence-electron chi connectivity index (χ2n) is 7.69. The van der Waals surface area contributed by atoms with Crippen LogP contribution in [0.5, 0.6) is 11.5 Å². The molecular formula is C25H33N3O3. The van der Waals surface area contributed by atoms with Crippen LogP contribution in [0.3, 0.4) is 0 Å². The highest BCUT2D eigenvalue weighted by molar-refractivity contribution is 5.75. The lowest BCUT2D eigenvalue weighted by Gasteiger charge is -2.10. The molecule has 1 amide bonds. The molecular weight excluding hydrogens is 390 g/mol. The van der Waals surface area contributed by atoms with Crippen LogP contribution in [-0.2, 0) is 17.8 Å². The Morgan fingerprint density at radius 3 is 2.52 bits per heavy atom. The van der Waals surface area contributed by atoms with Crippen molar-refractivity contribution in [3.63, 3.8) is 0 Å². The number of nitrogens with one attached hydrogen (secondary N) is 1. The van der Waals surface area contributed by atoms with Crippen molar-refractivity contribution in [3.8, 4) is 11.5 Å². The van der Waals surface area contributed by atoms with Crippen molar-refractivity contribution in [2.24, 2.45) is 0 Å². The second-order valence-corrected chi connectivity index (χ2v) is 7.69. The summed E-state index contributed by atoms with van der Waals surface area (Å²) >= 11 is 0. The number of imidazole rings is 1. The van der Waals surface area contributed by atoms with E-state index in [1.54, 1.807) is 14.0 Å². The Morgan fingerprint density at radius 1 is 0.968 bits per heavy atom. The first-order valence-electron chi connectivity index (χ1n) is 11.1. The van der Waals surface area contributed by atoms with Crippen LogP contribution in [0.25, 0.3) is 11.0 Å². The predicted octanol–water partition coefficient (Wildman–Crippen LogP) is 4.75. The van der Waals surface area contributed by atoms with E-state index in [-0.39, 0.29) is 5.91 Å². The van der Waals surface area contributed by atoms with Crippen LogP contribution in [0.4, 0.5) is 0 Å². The molecule has 0 aliphatic carbocycles. The zero-order chi connectivity index (χ0) is 21.9. The van der Waals surface area contributed by atoms with E-state index in [9.17, 15) is 4.79 Å². The molecule has 166 valence electrons. The molecule has 0 aliphatic heterocycles. The van der Waals surface area contributed by atoms with E-state index in [1.165, 1.54) is 5.52 Å². The van der Waals surface area contributed by atoms with Crippen molar-refractivity contribution >= 4 is 16.9 Å². The molecule has 31 heavy (non-hydrogen) atoms. The number of hydrogen-bond donors (Lipinski definition) is 1. The van der Waals surface area contributed by atoms with E-state index in [0.29, 0.717) is 6.61 Å². The Balaban J connectivity index is 1.47. The molecule has 0 spiro atoms. The Hall–Kier alpha value is -3.02. The zero-order valence-electron chi connectivity index (χ0n) is 18.6. The molecule has 0 atom stereocenters. The fraction of sp³-hybridized carbons (Fsp3) is 0.440. The number of aryl methyl sites for hydroxylation is 2. The molecule has 1 heterocycles. The van der Waals surface area contributed by atoms with Gasteiger partial charge in [0, 0.05) is 26.4 Å². The summed E-state index contributed by atoms with van der Waals surface area (Å²) in [4.78, 5) is 15.8. The summed E-state index contributed by atoms with van der Waals surface area (Å²) in [7, 11) is 1.66. The molecule has 1 N–H and O–H groups in total. The van der Waals surface area contributed by atoms with E-state index in [4.69, 9.17) is 14.5 Å². The molecule has 0 fully saturated rings. The number of rotatable bonds is 13. The number of unbranched alkanes of at least 4 members (excludes halogenated alkanes) is 3. The van der Waals surface area contributed by atoms with Crippen molar-refractivity contribution in [2.75, 3.05) is 20.3 Å². The molecule has 3 aromatic rings. The smallest absolute Gasteiger partial charge is 0.216 e. The first-order chi connectivity index (χ1) is 15.2. The van der Waals surface area contributed by atoms with Crippen LogP contribution in [0.15, 0.2) is 48.5 Å². The summed E-state index contributed by atoms with van der Waals surface area (Å²) < 4.78 is 13.4. The van der Waals surface area contributed by atoms with Crippen molar-refractivity contribution < 1.29 is 14.3 Å². The van der Waals surface area contributed by atoms with Crippen LogP contribution >= 0.6 is 0 Å². The summed E-state index contributed by atoms with van der Waals surface area (Å²) in [5.74, 6) is 2.89. The number of aromatic nitrogens is 2. The molecule has 2 aromatic carbocycles. The van der Waals surface area contributed by atoms with Crippen LogP contribution in [0.2, 0.25) is 0 Å². The van der Waals surface area contributed by atoms with Gasteiger partial charge in [-0.1, -0.05) is 18.6 Å². The SMILES string of the molecule is COc1ccc(OCCCCn2c(CCCCCNC(C)=O)nc3ccccc32)cc1. The molecule has 0 aliphatic rings. The number of para-hydroxylation sites is 2. The van der Waals surface area contributed by atoms with E-state index in [2.05, 4.69) is 28.1 Å². The van der Waals surface area contributed by atoms with E-state index >= 15 is 0 Å². The summed E-state index contributed by atoms with van der Waals surface area (Å²) in [6.07, 6.45) is 6.13. The molecule has 0 bridgehead atoms. The Kier molecular flexibility index (Phi) is 8.76.